The van der Waals surface area contributed by atoms with Gasteiger partial charge in [0.15, 0.2) is 0 Å². The zero-order valence-corrected chi connectivity index (χ0v) is 9.12. The molecule has 2 nitrogen and oxygen atoms in total. The quantitative estimate of drug-likeness (QED) is 0.818. The van der Waals surface area contributed by atoms with Gasteiger partial charge in [-0.2, -0.15) is 0 Å². The summed E-state index contributed by atoms with van der Waals surface area (Å²) < 4.78 is 5.38. The Morgan fingerprint density at radius 2 is 2.27 bits per heavy atom. The Balaban J connectivity index is 2.42. The van der Waals surface area contributed by atoms with Crippen LogP contribution in [0.15, 0.2) is 24.3 Å². The Bertz CT molecular complexity index is 382. The summed E-state index contributed by atoms with van der Waals surface area (Å²) in [6.45, 7) is 0.711. The number of hydrogen-bond donors (Lipinski definition) is 1. The summed E-state index contributed by atoms with van der Waals surface area (Å²) in [7, 11) is 1.73. The van der Waals surface area contributed by atoms with Crippen molar-refractivity contribution in [2.75, 3.05) is 13.7 Å². The lowest BCUT2D eigenvalue weighted by atomic mass is 9.88. The second-order valence-corrected chi connectivity index (χ2v) is 3.79. The number of ether oxygens (including phenoxy) is 1. The van der Waals surface area contributed by atoms with Crippen LogP contribution in [0.1, 0.15) is 24.0 Å². The maximum Gasteiger partial charge on any atom is 0.122 e. The number of methoxy groups -OCH3 is 1. The molecule has 0 aliphatic heterocycles. The molecular weight excluding hydrogens is 186 g/mol. The van der Waals surface area contributed by atoms with Gasteiger partial charge in [0, 0.05) is 5.56 Å². The Kier molecular flexibility index (Phi) is 3.07. The first-order valence-corrected chi connectivity index (χ1v) is 5.42. The average molecular weight is 203 g/mol. The van der Waals surface area contributed by atoms with Gasteiger partial charge in [0.2, 0.25) is 0 Å². The SMILES string of the molecule is COc1cccc2c1CCC=C2CCN. The molecule has 0 aromatic heterocycles. The molecule has 0 radical (unpaired) electrons. The third-order valence-electron chi connectivity index (χ3n) is 2.90. The summed E-state index contributed by atoms with van der Waals surface area (Å²) in [5.41, 5.74) is 9.65. The summed E-state index contributed by atoms with van der Waals surface area (Å²) in [6.07, 6.45) is 5.44. The van der Waals surface area contributed by atoms with Gasteiger partial charge in [-0.25, -0.2) is 0 Å². The van der Waals surface area contributed by atoms with Gasteiger partial charge in [0.1, 0.15) is 5.75 Å². The first kappa shape index (κ1) is 10.2. The van der Waals surface area contributed by atoms with Gasteiger partial charge >= 0.3 is 0 Å². The molecule has 15 heavy (non-hydrogen) atoms. The highest BCUT2D eigenvalue weighted by atomic mass is 16.5. The van der Waals surface area contributed by atoms with E-state index in [0.29, 0.717) is 6.54 Å². The number of benzene rings is 1. The Morgan fingerprint density at radius 1 is 1.40 bits per heavy atom. The van der Waals surface area contributed by atoms with E-state index in [1.165, 1.54) is 16.7 Å². The van der Waals surface area contributed by atoms with E-state index in [4.69, 9.17) is 10.5 Å². The van der Waals surface area contributed by atoms with Crippen LogP contribution in [0.2, 0.25) is 0 Å². The van der Waals surface area contributed by atoms with E-state index < -0.39 is 0 Å². The first-order chi connectivity index (χ1) is 7.36. The minimum atomic E-state index is 0.711. The molecule has 1 aromatic rings. The minimum Gasteiger partial charge on any atom is -0.496 e. The lowest BCUT2D eigenvalue weighted by molar-refractivity contribution is 0.409. The van der Waals surface area contributed by atoms with E-state index >= 15 is 0 Å². The van der Waals surface area contributed by atoms with Crippen LogP contribution < -0.4 is 10.5 Å². The number of allylic oxidation sites excluding steroid dienone is 1. The smallest absolute Gasteiger partial charge is 0.122 e. The highest BCUT2D eigenvalue weighted by Gasteiger charge is 2.15. The molecule has 1 aromatic carbocycles. The molecule has 0 unspecified atom stereocenters. The maximum absolute atomic E-state index is 5.61. The van der Waals surface area contributed by atoms with E-state index in [1.54, 1.807) is 7.11 Å². The van der Waals surface area contributed by atoms with Crippen molar-refractivity contribution in [1.29, 1.82) is 0 Å². The van der Waals surface area contributed by atoms with E-state index in [1.807, 2.05) is 12.1 Å². The molecular formula is C13H17NO. The minimum absolute atomic E-state index is 0.711. The molecule has 0 amide bonds. The molecule has 2 rings (SSSR count). The van der Waals surface area contributed by atoms with E-state index in [0.717, 1.165) is 25.0 Å². The zero-order valence-electron chi connectivity index (χ0n) is 9.12. The summed E-state index contributed by atoms with van der Waals surface area (Å²) in [5.74, 6) is 1.01. The van der Waals surface area contributed by atoms with E-state index in [9.17, 15) is 0 Å². The second-order valence-electron chi connectivity index (χ2n) is 3.79. The number of rotatable bonds is 3. The fourth-order valence-corrected chi connectivity index (χ4v) is 2.21. The highest BCUT2D eigenvalue weighted by molar-refractivity contribution is 5.72. The number of nitrogens with two attached hydrogens (primary N) is 1. The van der Waals surface area contributed by atoms with E-state index in [-0.39, 0.29) is 0 Å². The predicted octanol–water partition coefficient (Wildman–Crippen LogP) is 2.37. The molecule has 1 aliphatic rings. The lowest BCUT2D eigenvalue weighted by Gasteiger charge is -2.19. The molecule has 0 fully saturated rings. The van der Waals surface area contributed by atoms with Gasteiger partial charge in [-0.15, -0.1) is 0 Å². The van der Waals surface area contributed by atoms with Crippen molar-refractivity contribution in [3.05, 3.63) is 35.4 Å². The van der Waals surface area contributed by atoms with Gasteiger partial charge < -0.3 is 10.5 Å². The van der Waals surface area contributed by atoms with Crippen molar-refractivity contribution < 1.29 is 4.74 Å². The van der Waals surface area contributed by atoms with Crippen LogP contribution in [0.5, 0.6) is 5.75 Å². The van der Waals surface area contributed by atoms with Crippen LogP contribution in [0.25, 0.3) is 5.57 Å². The van der Waals surface area contributed by atoms with Crippen molar-refractivity contribution in [3.63, 3.8) is 0 Å². The molecule has 80 valence electrons. The maximum atomic E-state index is 5.61. The Hall–Kier alpha value is -1.28. The van der Waals surface area contributed by atoms with Gasteiger partial charge in [0.25, 0.3) is 0 Å². The van der Waals surface area contributed by atoms with Crippen LogP contribution >= 0.6 is 0 Å². The van der Waals surface area contributed by atoms with Crippen LogP contribution in [-0.4, -0.2) is 13.7 Å². The van der Waals surface area contributed by atoms with Crippen molar-refractivity contribution in [3.8, 4) is 5.75 Å². The van der Waals surface area contributed by atoms with Crippen LogP contribution in [0.3, 0.4) is 0 Å². The first-order valence-electron chi connectivity index (χ1n) is 5.42. The topological polar surface area (TPSA) is 35.2 Å². The molecule has 1 aliphatic carbocycles. The van der Waals surface area contributed by atoms with Crippen LogP contribution in [0, 0.1) is 0 Å². The molecule has 0 saturated heterocycles. The second kappa shape index (κ2) is 4.49. The lowest BCUT2D eigenvalue weighted by Crippen LogP contribution is -2.06. The van der Waals surface area contributed by atoms with Crippen molar-refractivity contribution in [2.24, 2.45) is 5.73 Å². The van der Waals surface area contributed by atoms with Gasteiger partial charge in [-0.1, -0.05) is 18.2 Å². The van der Waals surface area contributed by atoms with Gasteiger partial charge in [-0.05, 0) is 43.0 Å². The largest absolute Gasteiger partial charge is 0.496 e. The average Bonchev–Trinajstić information content (AvgIpc) is 2.29. The zero-order chi connectivity index (χ0) is 10.7. The normalized spacial score (nSPS) is 14.4. The Morgan fingerprint density at radius 3 is 3.00 bits per heavy atom. The van der Waals surface area contributed by atoms with Crippen LogP contribution in [-0.2, 0) is 6.42 Å². The molecule has 0 saturated carbocycles. The number of hydrogen-bond acceptors (Lipinski definition) is 2. The van der Waals surface area contributed by atoms with Gasteiger partial charge in [0.05, 0.1) is 7.11 Å². The third kappa shape index (κ3) is 1.90. The summed E-state index contributed by atoms with van der Waals surface area (Å²) in [6, 6.07) is 6.25. The number of fused-ring (bicyclic) bond motifs is 1. The molecule has 0 heterocycles. The van der Waals surface area contributed by atoms with Crippen molar-refractivity contribution in [1.82, 2.24) is 0 Å². The molecule has 0 atom stereocenters. The van der Waals surface area contributed by atoms with Crippen LogP contribution in [0.4, 0.5) is 0 Å². The summed E-state index contributed by atoms with van der Waals surface area (Å²) in [4.78, 5) is 0. The van der Waals surface area contributed by atoms with Crippen molar-refractivity contribution >= 4 is 5.57 Å². The molecule has 0 spiro atoms. The summed E-state index contributed by atoms with van der Waals surface area (Å²) >= 11 is 0. The monoisotopic (exact) mass is 203 g/mol. The molecule has 2 N–H and O–H groups in total. The fourth-order valence-electron chi connectivity index (χ4n) is 2.21. The highest BCUT2D eigenvalue weighted by Crippen LogP contribution is 2.33. The van der Waals surface area contributed by atoms with Crippen molar-refractivity contribution in [2.45, 2.75) is 19.3 Å². The molecule has 2 heteroatoms. The standard InChI is InChI=1S/C13H17NO/c1-15-13-7-3-5-11-10(8-9-14)4-2-6-12(11)13/h3-5,7H,2,6,8-9,14H2,1H3. The summed E-state index contributed by atoms with van der Waals surface area (Å²) in [5, 5.41) is 0. The predicted molar refractivity (Wildman–Crippen MR) is 63.0 cm³/mol. The molecule has 0 bridgehead atoms. The Labute approximate surface area is 90.7 Å². The fraction of sp³-hybridized carbons (Fsp3) is 0.385. The van der Waals surface area contributed by atoms with Gasteiger partial charge in [-0.3, -0.25) is 0 Å². The third-order valence-corrected chi connectivity index (χ3v) is 2.90. The van der Waals surface area contributed by atoms with E-state index in [2.05, 4.69) is 12.1 Å².